The molecular formula is C28H34N8O10S3. The molecule has 3 aromatic rings. The highest BCUT2D eigenvalue weighted by Crippen LogP contribution is 2.37. The molecule has 0 radical (unpaired) electrons. The van der Waals surface area contributed by atoms with Crippen molar-refractivity contribution in [3.63, 3.8) is 0 Å². The van der Waals surface area contributed by atoms with E-state index in [1.807, 2.05) is 6.07 Å². The Kier molecular flexibility index (Phi) is 13.4. The molecule has 0 spiro atoms. The number of azo groups is 2. The Hall–Kier alpha value is -4.43. The number of hydrogen-bond acceptors (Lipinski definition) is 16. The summed E-state index contributed by atoms with van der Waals surface area (Å²) in [5.41, 5.74) is 0.259. The molecule has 0 bridgehead atoms. The predicted molar refractivity (Wildman–Crippen MR) is 179 cm³/mol. The van der Waals surface area contributed by atoms with Crippen LogP contribution < -0.4 is 10.2 Å². The molecule has 0 saturated carbocycles. The first-order valence-electron chi connectivity index (χ1n) is 14.2. The zero-order valence-corrected chi connectivity index (χ0v) is 29.0. The van der Waals surface area contributed by atoms with Gasteiger partial charge in [0.15, 0.2) is 15.7 Å². The average molecular weight is 739 g/mol. The molecule has 18 nitrogen and oxygen atoms in total. The molecule has 0 amide bonds. The second-order valence-corrected chi connectivity index (χ2v) is 15.4. The molecule has 1 heterocycles. The maximum atomic E-state index is 12.3. The van der Waals surface area contributed by atoms with Crippen LogP contribution >= 0.6 is 0 Å². The number of sulfone groups is 1. The van der Waals surface area contributed by atoms with Gasteiger partial charge in [-0.25, -0.2) is 13.4 Å². The molecular weight excluding hydrogens is 705 g/mol. The molecule has 0 aliphatic carbocycles. The molecule has 0 aliphatic heterocycles. The van der Waals surface area contributed by atoms with E-state index in [0.717, 1.165) is 18.2 Å². The summed E-state index contributed by atoms with van der Waals surface area (Å²) >= 11 is 0. The van der Waals surface area contributed by atoms with Gasteiger partial charge >= 0.3 is 0 Å². The summed E-state index contributed by atoms with van der Waals surface area (Å²) in [6, 6.07) is 10.3. The quantitative estimate of drug-likeness (QED) is 0.0869. The summed E-state index contributed by atoms with van der Waals surface area (Å²) in [5.74, 6) is -0.418. The van der Waals surface area contributed by atoms with Crippen LogP contribution in [0, 0.1) is 18.3 Å². The van der Waals surface area contributed by atoms with Crippen molar-refractivity contribution in [2.75, 3.05) is 62.2 Å². The Morgan fingerprint density at radius 2 is 1.59 bits per heavy atom. The molecule has 0 atom stereocenters. The Morgan fingerprint density at radius 3 is 2.18 bits per heavy atom. The van der Waals surface area contributed by atoms with Crippen LogP contribution in [0.3, 0.4) is 0 Å². The maximum Gasteiger partial charge on any atom is 0.296 e. The lowest BCUT2D eigenvalue weighted by molar-refractivity contribution is 0.198. The lowest BCUT2D eigenvalue weighted by Crippen LogP contribution is -2.29. The van der Waals surface area contributed by atoms with Crippen molar-refractivity contribution in [3.8, 4) is 6.07 Å². The van der Waals surface area contributed by atoms with Gasteiger partial charge in [-0.05, 0) is 55.8 Å². The van der Waals surface area contributed by atoms with Crippen LogP contribution in [0.5, 0.6) is 0 Å². The molecule has 264 valence electrons. The Bertz CT molecular complexity index is 2080. The Balaban J connectivity index is 2.03. The van der Waals surface area contributed by atoms with Gasteiger partial charge in [0.05, 0.1) is 39.9 Å². The lowest BCUT2D eigenvalue weighted by Gasteiger charge is -2.22. The van der Waals surface area contributed by atoms with Crippen LogP contribution in [0.2, 0.25) is 0 Å². The highest BCUT2D eigenvalue weighted by Gasteiger charge is 2.22. The van der Waals surface area contributed by atoms with Crippen molar-refractivity contribution >= 4 is 64.5 Å². The number of methoxy groups -OCH3 is 1. The molecule has 21 heteroatoms. The average Bonchev–Trinajstić information content (AvgIpc) is 3.03. The third kappa shape index (κ3) is 11.0. The number of hydrogen-bond donors (Lipinski definition) is 4. The molecule has 4 N–H and O–H groups in total. The Morgan fingerprint density at radius 1 is 0.939 bits per heavy atom. The fourth-order valence-electron chi connectivity index (χ4n) is 4.14. The highest BCUT2D eigenvalue weighted by atomic mass is 32.2. The van der Waals surface area contributed by atoms with E-state index in [0.29, 0.717) is 19.6 Å². The number of aliphatic hydroxyl groups is 1. The molecule has 0 unspecified atom stereocenters. The first-order valence-corrected chi connectivity index (χ1v) is 18.9. The van der Waals surface area contributed by atoms with Crippen LogP contribution in [0.25, 0.3) is 0 Å². The number of nitriles is 1. The van der Waals surface area contributed by atoms with Gasteiger partial charge < -0.3 is 20.1 Å². The van der Waals surface area contributed by atoms with Crippen LogP contribution in [0.1, 0.15) is 17.5 Å². The van der Waals surface area contributed by atoms with Gasteiger partial charge in [0.2, 0.25) is 0 Å². The summed E-state index contributed by atoms with van der Waals surface area (Å²) in [6.07, 6.45) is 0.548. The minimum absolute atomic E-state index is 0.0241. The van der Waals surface area contributed by atoms with E-state index in [1.165, 1.54) is 36.3 Å². The number of benzene rings is 2. The van der Waals surface area contributed by atoms with E-state index in [2.05, 4.69) is 30.8 Å². The lowest BCUT2D eigenvalue weighted by atomic mass is 10.1. The van der Waals surface area contributed by atoms with Crippen LogP contribution in [0.4, 0.5) is 34.4 Å². The van der Waals surface area contributed by atoms with E-state index in [1.54, 1.807) is 14.0 Å². The summed E-state index contributed by atoms with van der Waals surface area (Å²) in [5, 5.41) is 38.2. The van der Waals surface area contributed by atoms with Gasteiger partial charge in [0.1, 0.15) is 28.2 Å². The number of nitrogens with zero attached hydrogens (tertiary/aromatic N) is 7. The largest absolute Gasteiger partial charge is 0.395 e. The SMILES string of the molecule is COCCCNc1nc(N(C)CCS(=O)(=O)CCO)c(C#N)c(C)c1/N=N/c1ccc(/N=N/c2ccc(S(=O)(=O)O)cc2)cc1S(=O)(=O)O. The minimum atomic E-state index is -4.88. The predicted octanol–water partition coefficient (Wildman–Crippen LogP) is 3.88. The van der Waals surface area contributed by atoms with Gasteiger partial charge in [0, 0.05) is 39.4 Å². The van der Waals surface area contributed by atoms with E-state index in [4.69, 9.17) is 14.4 Å². The van der Waals surface area contributed by atoms with E-state index >= 15 is 0 Å². The van der Waals surface area contributed by atoms with Gasteiger partial charge in [-0.15, -0.1) is 10.2 Å². The number of ether oxygens (including phenoxy) is 1. The van der Waals surface area contributed by atoms with Crippen molar-refractivity contribution in [1.82, 2.24) is 4.98 Å². The van der Waals surface area contributed by atoms with Crippen LogP contribution in [0.15, 0.2) is 72.7 Å². The number of nitrogens with one attached hydrogen (secondary N) is 1. The normalized spacial score (nSPS) is 12.4. The van der Waals surface area contributed by atoms with Crippen LogP contribution in [-0.2, 0) is 34.8 Å². The molecule has 1 aromatic heterocycles. The second kappa shape index (κ2) is 16.8. The molecule has 3 rings (SSSR count). The standard InChI is InChI=1S/C28H34N8O10S3/c1-19-23(18-29)28(36(2)12-15-47(38,39)16-13-37)31-27(30-11-4-14-46-3)26(19)35-34-24-10-7-21(17-25(24)49(43,44)45)33-32-20-5-8-22(9-6-20)48(40,41)42/h5-10,17,37H,4,11-16H2,1-3H3,(H,30,31)(H,40,41,42)(H,43,44,45)/b33-32+,35-34+. The maximum absolute atomic E-state index is 12.3. The second-order valence-electron chi connectivity index (χ2n) is 10.3. The third-order valence-electron chi connectivity index (χ3n) is 6.72. The third-order valence-corrected chi connectivity index (χ3v) is 10.1. The zero-order valence-electron chi connectivity index (χ0n) is 26.5. The summed E-state index contributed by atoms with van der Waals surface area (Å²) in [7, 11) is -9.77. The highest BCUT2D eigenvalue weighted by molar-refractivity contribution is 7.91. The molecule has 0 aliphatic rings. The summed E-state index contributed by atoms with van der Waals surface area (Å²) in [6.45, 7) is 1.75. The van der Waals surface area contributed by atoms with Crippen molar-refractivity contribution in [2.45, 2.75) is 23.1 Å². The first kappa shape index (κ1) is 39.0. The number of pyridine rings is 1. The topological polar surface area (TPSA) is 274 Å². The number of anilines is 2. The van der Waals surface area contributed by atoms with Crippen molar-refractivity contribution < 1.29 is 44.2 Å². The van der Waals surface area contributed by atoms with Crippen molar-refractivity contribution in [3.05, 3.63) is 53.6 Å². The minimum Gasteiger partial charge on any atom is -0.395 e. The van der Waals surface area contributed by atoms with Gasteiger partial charge in [-0.1, -0.05) is 0 Å². The number of rotatable bonds is 17. The van der Waals surface area contributed by atoms with Gasteiger partial charge in [-0.3, -0.25) is 9.11 Å². The van der Waals surface area contributed by atoms with Crippen molar-refractivity contribution in [2.24, 2.45) is 20.5 Å². The van der Waals surface area contributed by atoms with Crippen LogP contribution in [-0.4, -0.2) is 96.4 Å². The monoisotopic (exact) mass is 738 g/mol. The van der Waals surface area contributed by atoms with E-state index in [-0.39, 0.29) is 62.7 Å². The van der Waals surface area contributed by atoms with E-state index in [9.17, 15) is 35.1 Å². The smallest absolute Gasteiger partial charge is 0.296 e. The summed E-state index contributed by atoms with van der Waals surface area (Å²) < 4.78 is 95.6. The Labute approximate surface area is 283 Å². The molecule has 0 saturated heterocycles. The van der Waals surface area contributed by atoms with E-state index < -0.39 is 47.3 Å². The molecule has 0 fully saturated rings. The molecule has 2 aromatic carbocycles. The number of aromatic nitrogens is 1. The van der Waals surface area contributed by atoms with Gasteiger partial charge in [0.25, 0.3) is 20.2 Å². The molecule has 49 heavy (non-hydrogen) atoms. The first-order chi connectivity index (χ1) is 23.0. The fraction of sp³-hybridized carbons (Fsp3) is 0.357. The van der Waals surface area contributed by atoms with Gasteiger partial charge in [-0.2, -0.15) is 32.3 Å². The summed E-state index contributed by atoms with van der Waals surface area (Å²) in [4.78, 5) is 4.98. The van der Waals surface area contributed by atoms with Crippen molar-refractivity contribution in [1.29, 1.82) is 5.26 Å². The zero-order chi connectivity index (χ0) is 36.4. The number of aliphatic hydroxyl groups excluding tert-OH is 1. The fourth-order valence-corrected chi connectivity index (χ4v) is 6.30.